The molecule has 0 aromatic heterocycles. The van der Waals surface area contributed by atoms with E-state index in [-0.39, 0.29) is 18.6 Å². The molecule has 3 rings (SSSR count). The van der Waals surface area contributed by atoms with Crippen LogP contribution in [-0.2, 0) is 11.2 Å². The standard InChI is InChI=1S/C20H23NO2/c1-14-10-11-19(15(2)12-14)23-13-20(22)21-18-9-5-7-16-6-3-4-8-17(16)18/h3-4,6,8,10-12,18H,5,7,9,13H2,1-2H3,(H,21,22)/t18-/m1/s1. The maximum absolute atomic E-state index is 12.2. The molecule has 1 aliphatic rings. The van der Waals surface area contributed by atoms with Crippen LogP contribution < -0.4 is 10.1 Å². The van der Waals surface area contributed by atoms with Gasteiger partial charge in [-0.05, 0) is 55.9 Å². The predicted octanol–water partition coefficient (Wildman–Crippen LogP) is 3.88. The van der Waals surface area contributed by atoms with Gasteiger partial charge in [-0.15, -0.1) is 0 Å². The monoisotopic (exact) mass is 309 g/mol. The summed E-state index contributed by atoms with van der Waals surface area (Å²) in [5, 5.41) is 3.11. The lowest BCUT2D eigenvalue weighted by atomic mass is 9.88. The molecule has 120 valence electrons. The van der Waals surface area contributed by atoms with Gasteiger partial charge in [0.2, 0.25) is 0 Å². The van der Waals surface area contributed by atoms with Crippen molar-refractivity contribution in [3.05, 3.63) is 64.7 Å². The lowest BCUT2D eigenvalue weighted by Crippen LogP contribution is -2.34. The van der Waals surface area contributed by atoms with E-state index in [0.717, 1.165) is 30.6 Å². The van der Waals surface area contributed by atoms with Crippen molar-refractivity contribution in [3.8, 4) is 5.75 Å². The fraction of sp³-hybridized carbons (Fsp3) is 0.350. The second-order valence-corrected chi connectivity index (χ2v) is 6.27. The average molecular weight is 309 g/mol. The van der Waals surface area contributed by atoms with Gasteiger partial charge in [0.05, 0.1) is 6.04 Å². The third-order valence-electron chi connectivity index (χ3n) is 4.39. The number of hydrogen-bond acceptors (Lipinski definition) is 2. The van der Waals surface area contributed by atoms with Gasteiger partial charge in [0, 0.05) is 0 Å². The topological polar surface area (TPSA) is 38.3 Å². The van der Waals surface area contributed by atoms with Crippen LogP contribution in [0, 0.1) is 13.8 Å². The van der Waals surface area contributed by atoms with Crippen LogP contribution in [0.3, 0.4) is 0 Å². The zero-order valence-corrected chi connectivity index (χ0v) is 13.8. The van der Waals surface area contributed by atoms with Crippen LogP contribution in [0.5, 0.6) is 5.75 Å². The van der Waals surface area contributed by atoms with E-state index in [2.05, 4.69) is 29.6 Å². The van der Waals surface area contributed by atoms with Crippen molar-refractivity contribution in [2.45, 2.75) is 39.2 Å². The minimum absolute atomic E-state index is 0.0581. The Hall–Kier alpha value is -2.29. The highest BCUT2D eigenvalue weighted by Crippen LogP contribution is 2.29. The molecule has 2 aromatic carbocycles. The number of ether oxygens (including phenoxy) is 1. The second-order valence-electron chi connectivity index (χ2n) is 6.27. The molecule has 1 atom stereocenters. The van der Waals surface area contributed by atoms with Crippen molar-refractivity contribution >= 4 is 5.91 Å². The molecule has 1 amide bonds. The summed E-state index contributed by atoms with van der Waals surface area (Å²) in [5.74, 6) is 0.710. The fourth-order valence-corrected chi connectivity index (χ4v) is 3.24. The van der Waals surface area contributed by atoms with Crippen molar-refractivity contribution in [2.75, 3.05) is 6.61 Å². The lowest BCUT2D eigenvalue weighted by molar-refractivity contribution is -0.124. The Bertz CT molecular complexity index is 709. The number of hydrogen-bond donors (Lipinski definition) is 1. The van der Waals surface area contributed by atoms with Gasteiger partial charge >= 0.3 is 0 Å². The van der Waals surface area contributed by atoms with E-state index < -0.39 is 0 Å². The molecule has 0 unspecified atom stereocenters. The number of amides is 1. The van der Waals surface area contributed by atoms with Gasteiger partial charge in [-0.2, -0.15) is 0 Å². The van der Waals surface area contributed by atoms with Crippen molar-refractivity contribution < 1.29 is 9.53 Å². The Labute approximate surface area is 137 Å². The molecule has 0 fully saturated rings. The van der Waals surface area contributed by atoms with E-state index >= 15 is 0 Å². The highest BCUT2D eigenvalue weighted by molar-refractivity contribution is 5.78. The van der Waals surface area contributed by atoms with Gasteiger partial charge in [-0.25, -0.2) is 0 Å². The maximum atomic E-state index is 12.2. The van der Waals surface area contributed by atoms with Gasteiger partial charge in [0.15, 0.2) is 6.61 Å². The molecule has 3 nitrogen and oxygen atoms in total. The molecular formula is C20H23NO2. The first-order valence-corrected chi connectivity index (χ1v) is 8.21. The summed E-state index contributed by atoms with van der Waals surface area (Å²) in [6.45, 7) is 4.10. The highest BCUT2D eigenvalue weighted by Gasteiger charge is 2.21. The molecule has 0 aliphatic heterocycles. The summed E-state index contributed by atoms with van der Waals surface area (Å²) >= 11 is 0. The average Bonchev–Trinajstić information content (AvgIpc) is 2.54. The molecular weight excluding hydrogens is 286 g/mol. The summed E-state index contributed by atoms with van der Waals surface area (Å²) in [5.41, 5.74) is 4.84. The molecule has 2 aromatic rings. The number of aryl methyl sites for hydroxylation is 3. The number of benzene rings is 2. The molecule has 0 saturated carbocycles. The SMILES string of the molecule is Cc1ccc(OCC(=O)N[C@@H]2CCCc3ccccc32)c(C)c1. The Kier molecular flexibility index (Phi) is 4.65. The second kappa shape index (κ2) is 6.86. The quantitative estimate of drug-likeness (QED) is 0.931. The minimum atomic E-state index is -0.0633. The third-order valence-corrected chi connectivity index (χ3v) is 4.39. The zero-order valence-electron chi connectivity index (χ0n) is 13.8. The van der Waals surface area contributed by atoms with Crippen LogP contribution in [0.15, 0.2) is 42.5 Å². The highest BCUT2D eigenvalue weighted by atomic mass is 16.5. The first kappa shape index (κ1) is 15.6. The van der Waals surface area contributed by atoms with Crippen LogP contribution in [0.1, 0.15) is 41.1 Å². The van der Waals surface area contributed by atoms with Crippen LogP contribution in [0.25, 0.3) is 0 Å². The predicted molar refractivity (Wildman–Crippen MR) is 91.7 cm³/mol. The van der Waals surface area contributed by atoms with Gasteiger partial charge in [-0.3, -0.25) is 4.79 Å². The molecule has 1 N–H and O–H groups in total. The van der Waals surface area contributed by atoms with E-state index in [1.54, 1.807) is 0 Å². The van der Waals surface area contributed by atoms with Gasteiger partial charge < -0.3 is 10.1 Å². The van der Waals surface area contributed by atoms with E-state index in [1.807, 2.05) is 32.0 Å². The van der Waals surface area contributed by atoms with Crippen molar-refractivity contribution in [2.24, 2.45) is 0 Å². The van der Waals surface area contributed by atoms with Gasteiger partial charge in [-0.1, -0.05) is 42.0 Å². The summed E-state index contributed by atoms with van der Waals surface area (Å²) in [4.78, 5) is 12.2. The lowest BCUT2D eigenvalue weighted by Gasteiger charge is -2.26. The van der Waals surface area contributed by atoms with E-state index in [4.69, 9.17) is 4.74 Å². The molecule has 0 bridgehead atoms. The molecule has 1 aliphatic carbocycles. The first-order chi connectivity index (χ1) is 11.1. The molecule has 23 heavy (non-hydrogen) atoms. The third kappa shape index (κ3) is 3.73. The number of nitrogens with one attached hydrogen (secondary N) is 1. The van der Waals surface area contributed by atoms with E-state index in [9.17, 15) is 4.79 Å². The van der Waals surface area contributed by atoms with E-state index in [1.165, 1.54) is 16.7 Å². The zero-order chi connectivity index (χ0) is 16.2. The van der Waals surface area contributed by atoms with Crippen LogP contribution in [0.2, 0.25) is 0 Å². The molecule has 0 saturated heterocycles. The summed E-state index contributed by atoms with van der Waals surface area (Å²) in [7, 11) is 0. The van der Waals surface area contributed by atoms with Crippen LogP contribution >= 0.6 is 0 Å². The number of carbonyl (C=O) groups excluding carboxylic acids is 1. The largest absolute Gasteiger partial charge is 0.484 e. The molecule has 0 radical (unpaired) electrons. The van der Waals surface area contributed by atoms with Crippen molar-refractivity contribution in [3.63, 3.8) is 0 Å². The first-order valence-electron chi connectivity index (χ1n) is 8.21. The molecule has 3 heteroatoms. The Morgan fingerprint density at radius 1 is 1.22 bits per heavy atom. The number of rotatable bonds is 4. The van der Waals surface area contributed by atoms with Gasteiger partial charge in [0.1, 0.15) is 5.75 Å². The van der Waals surface area contributed by atoms with Crippen molar-refractivity contribution in [1.29, 1.82) is 0 Å². The maximum Gasteiger partial charge on any atom is 0.258 e. The Morgan fingerprint density at radius 3 is 2.87 bits per heavy atom. The number of fused-ring (bicyclic) bond motifs is 1. The summed E-state index contributed by atoms with van der Waals surface area (Å²) in [6, 6.07) is 14.5. The summed E-state index contributed by atoms with van der Waals surface area (Å²) in [6.07, 6.45) is 3.20. The number of carbonyl (C=O) groups is 1. The molecule has 0 spiro atoms. The molecule has 0 heterocycles. The Morgan fingerprint density at radius 2 is 2.04 bits per heavy atom. The Balaban J connectivity index is 1.60. The minimum Gasteiger partial charge on any atom is -0.484 e. The van der Waals surface area contributed by atoms with E-state index in [0.29, 0.717) is 0 Å². The summed E-state index contributed by atoms with van der Waals surface area (Å²) < 4.78 is 5.67. The fourth-order valence-electron chi connectivity index (χ4n) is 3.24. The van der Waals surface area contributed by atoms with Crippen molar-refractivity contribution in [1.82, 2.24) is 5.32 Å². The smallest absolute Gasteiger partial charge is 0.258 e. The van der Waals surface area contributed by atoms with Gasteiger partial charge in [0.25, 0.3) is 5.91 Å². The normalized spacial score (nSPS) is 16.5. The van der Waals surface area contributed by atoms with Crippen LogP contribution in [-0.4, -0.2) is 12.5 Å². The van der Waals surface area contributed by atoms with Crippen LogP contribution in [0.4, 0.5) is 0 Å².